The van der Waals surface area contributed by atoms with Gasteiger partial charge in [0.25, 0.3) is 15.9 Å². The minimum Gasteiger partial charge on any atom is -0.385 e. The summed E-state index contributed by atoms with van der Waals surface area (Å²) in [6, 6.07) is 31.2. The molecule has 0 radical (unpaired) electrons. The number of methoxy groups -OCH3 is 1. The van der Waals surface area contributed by atoms with Gasteiger partial charge in [-0.2, -0.15) is 0 Å². The lowest BCUT2D eigenvalue weighted by molar-refractivity contribution is -0.0288. The van der Waals surface area contributed by atoms with Crippen LogP contribution in [0.25, 0.3) is 11.1 Å². The largest absolute Gasteiger partial charge is 0.385 e. The van der Waals surface area contributed by atoms with Gasteiger partial charge in [0, 0.05) is 50.1 Å². The number of piperidine rings is 1. The predicted molar refractivity (Wildman–Crippen MR) is 194 cm³/mol. The number of nitrogens with one attached hydrogen (secondary N) is 2. The molecule has 1 saturated heterocycles. The van der Waals surface area contributed by atoms with Crippen LogP contribution in [0.15, 0.2) is 102 Å². The number of hydrogen-bond donors (Lipinski definition) is 2. The first-order chi connectivity index (χ1) is 23.2. The number of amides is 1. The van der Waals surface area contributed by atoms with Crippen molar-refractivity contribution in [2.75, 3.05) is 37.0 Å². The third-order valence-corrected chi connectivity index (χ3v) is 11.6. The van der Waals surface area contributed by atoms with Crippen LogP contribution >= 0.6 is 0 Å². The Morgan fingerprint density at radius 2 is 1.56 bits per heavy atom. The molecule has 0 bridgehead atoms. The Balaban J connectivity index is 1.05. The summed E-state index contributed by atoms with van der Waals surface area (Å²) in [7, 11) is -2.21. The molecule has 0 atom stereocenters. The SMILES string of the molecule is COC1(Cc2ccccc2-c2ccccc2)CCN(c2ccc(C(=O)NS(=O)(=O)c3ccc(NCC4CCCCC4)c(C)c3)cc2)CC1. The van der Waals surface area contributed by atoms with Gasteiger partial charge in [0.2, 0.25) is 0 Å². The first kappa shape index (κ1) is 33.7. The molecule has 6 rings (SSSR count). The number of nitrogens with zero attached hydrogens (tertiary/aromatic N) is 1. The van der Waals surface area contributed by atoms with E-state index in [1.807, 2.05) is 32.2 Å². The first-order valence-electron chi connectivity index (χ1n) is 17.2. The number of carbonyl (C=O) groups is 1. The third kappa shape index (κ3) is 7.93. The molecule has 1 amide bonds. The normalized spacial score (nSPS) is 16.8. The van der Waals surface area contributed by atoms with Gasteiger partial charge >= 0.3 is 0 Å². The van der Waals surface area contributed by atoms with E-state index in [1.54, 1.807) is 30.3 Å². The van der Waals surface area contributed by atoms with Crippen LogP contribution in [0, 0.1) is 12.8 Å². The molecule has 8 heteroatoms. The van der Waals surface area contributed by atoms with Crippen LogP contribution in [0.2, 0.25) is 0 Å². The molecule has 7 nitrogen and oxygen atoms in total. The number of ether oxygens (including phenoxy) is 1. The van der Waals surface area contributed by atoms with E-state index < -0.39 is 15.9 Å². The minimum atomic E-state index is -4.03. The molecule has 0 spiro atoms. The summed E-state index contributed by atoms with van der Waals surface area (Å²) in [6.07, 6.45) is 8.91. The van der Waals surface area contributed by atoms with Crippen LogP contribution < -0.4 is 14.9 Å². The van der Waals surface area contributed by atoms with Crippen molar-refractivity contribution < 1.29 is 17.9 Å². The molecule has 2 aliphatic rings. The zero-order chi connectivity index (χ0) is 33.6. The summed E-state index contributed by atoms with van der Waals surface area (Å²) >= 11 is 0. The van der Waals surface area contributed by atoms with Crippen molar-refractivity contribution in [1.82, 2.24) is 4.72 Å². The van der Waals surface area contributed by atoms with Gasteiger partial charge in [0.15, 0.2) is 0 Å². The quantitative estimate of drug-likeness (QED) is 0.169. The van der Waals surface area contributed by atoms with Gasteiger partial charge in [0.1, 0.15) is 0 Å². The topological polar surface area (TPSA) is 87.7 Å². The van der Waals surface area contributed by atoms with Crippen LogP contribution in [-0.2, 0) is 21.2 Å². The van der Waals surface area contributed by atoms with Gasteiger partial charge < -0.3 is 15.0 Å². The molecule has 0 unspecified atom stereocenters. The van der Waals surface area contributed by atoms with Crippen LogP contribution in [-0.4, -0.2) is 46.7 Å². The van der Waals surface area contributed by atoms with Crippen molar-refractivity contribution in [3.8, 4) is 11.1 Å². The van der Waals surface area contributed by atoms with Crippen LogP contribution in [0.3, 0.4) is 0 Å². The minimum absolute atomic E-state index is 0.0783. The van der Waals surface area contributed by atoms with Crippen molar-refractivity contribution in [2.24, 2.45) is 5.92 Å². The lowest BCUT2D eigenvalue weighted by Gasteiger charge is -2.42. The predicted octanol–water partition coefficient (Wildman–Crippen LogP) is 8.00. The fraction of sp³-hybridized carbons (Fsp3) is 0.375. The van der Waals surface area contributed by atoms with Gasteiger partial charge in [-0.1, -0.05) is 73.9 Å². The van der Waals surface area contributed by atoms with Crippen molar-refractivity contribution >= 4 is 27.3 Å². The summed E-state index contributed by atoms with van der Waals surface area (Å²) in [6.45, 7) is 4.41. The van der Waals surface area contributed by atoms with Gasteiger partial charge in [-0.15, -0.1) is 0 Å². The lowest BCUT2D eigenvalue weighted by Crippen LogP contribution is -2.47. The Morgan fingerprint density at radius 3 is 2.25 bits per heavy atom. The van der Waals surface area contributed by atoms with E-state index in [-0.39, 0.29) is 10.5 Å². The first-order valence-corrected chi connectivity index (χ1v) is 18.7. The van der Waals surface area contributed by atoms with E-state index >= 15 is 0 Å². The maximum Gasteiger partial charge on any atom is 0.264 e. The molecule has 2 fully saturated rings. The molecule has 1 heterocycles. The molecule has 48 heavy (non-hydrogen) atoms. The summed E-state index contributed by atoms with van der Waals surface area (Å²) < 4.78 is 34.8. The maximum absolute atomic E-state index is 13.1. The van der Waals surface area contributed by atoms with Gasteiger partial charge in [0.05, 0.1) is 10.5 Å². The van der Waals surface area contributed by atoms with Crippen LogP contribution in [0.4, 0.5) is 11.4 Å². The fourth-order valence-electron chi connectivity index (χ4n) is 7.26. The fourth-order valence-corrected chi connectivity index (χ4v) is 8.32. The van der Waals surface area contributed by atoms with Crippen LogP contribution in [0.5, 0.6) is 0 Å². The number of anilines is 2. The van der Waals surface area contributed by atoms with Gasteiger partial charge in [-0.25, -0.2) is 13.1 Å². The van der Waals surface area contributed by atoms with E-state index in [9.17, 15) is 13.2 Å². The van der Waals surface area contributed by atoms with Crippen molar-refractivity contribution in [2.45, 2.75) is 68.8 Å². The van der Waals surface area contributed by atoms with E-state index in [0.717, 1.165) is 55.8 Å². The number of carbonyl (C=O) groups excluding carboxylic acids is 1. The molecule has 4 aromatic carbocycles. The summed E-state index contributed by atoms with van der Waals surface area (Å²) in [5.74, 6) is 0.0160. The number of rotatable bonds is 11. The van der Waals surface area contributed by atoms with E-state index in [4.69, 9.17) is 4.74 Å². The Kier molecular flexibility index (Phi) is 10.5. The van der Waals surface area contributed by atoms with Crippen molar-refractivity contribution in [3.63, 3.8) is 0 Å². The highest BCUT2D eigenvalue weighted by Crippen LogP contribution is 2.35. The standard InChI is InChI=1S/C40H47N3O4S/c1-30-27-36(21-22-38(30)41-29-31-11-5-3-6-12-31)48(45,46)42-39(44)33-17-19-35(20-18-33)43-25-23-40(47-2,24-26-43)28-34-15-9-10-16-37(34)32-13-7-4-8-14-32/h4,7-10,13-22,27,31,41H,3,5-6,11-12,23-26,28-29H2,1-2H3,(H,42,44). The summed E-state index contributed by atoms with van der Waals surface area (Å²) in [5.41, 5.74) is 6.52. The van der Waals surface area contributed by atoms with Crippen molar-refractivity contribution in [3.05, 3.63) is 114 Å². The van der Waals surface area contributed by atoms with E-state index in [0.29, 0.717) is 11.5 Å². The molecule has 1 aliphatic heterocycles. The number of sulfonamides is 1. The second-order valence-electron chi connectivity index (χ2n) is 13.4. The highest BCUT2D eigenvalue weighted by atomic mass is 32.2. The Morgan fingerprint density at radius 1 is 0.875 bits per heavy atom. The Labute approximate surface area is 285 Å². The Bertz CT molecular complexity index is 1790. The molecule has 1 saturated carbocycles. The Hall–Kier alpha value is -4.14. The van der Waals surface area contributed by atoms with Crippen LogP contribution in [0.1, 0.15) is 66.4 Å². The number of aryl methyl sites for hydroxylation is 1. The lowest BCUT2D eigenvalue weighted by atomic mass is 9.82. The van der Waals surface area contributed by atoms with Crippen molar-refractivity contribution in [1.29, 1.82) is 0 Å². The summed E-state index contributed by atoms with van der Waals surface area (Å²) in [5, 5.41) is 3.49. The monoisotopic (exact) mass is 665 g/mol. The highest BCUT2D eigenvalue weighted by molar-refractivity contribution is 7.90. The molecule has 0 aromatic heterocycles. The second-order valence-corrected chi connectivity index (χ2v) is 15.1. The second kappa shape index (κ2) is 15.0. The molecule has 4 aromatic rings. The number of benzene rings is 4. The zero-order valence-electron chi connectivity index (χ0n) is 28.1. The number of hydrogen-bond acceptors (Lipinski definition) is 6. The average Bonchev–Trinajstić information content (AvgIpc) is 3.12. The molecular weight excluding hydrogens is 619 g/mol. The molecular formula is C40H47N3O4S. The third-order valence-electron chi connectivity index (χ3n) is 10.3. The molecule has 252 valence electrons. The summed E-state index contributed by atoms with van der Waals surface area (Å²) in [4.78, 5) is 15.4. The average molecular weight is 666 g/mol. The van der Waals surface area contributed by atoms with E-state index in [2.05, 4.69) is 63.5 Å². The maximum atomic E-state index is 13.1. The molecule has 1 aliphatic carbocycles. The zero-order valence-corrected chi connectivity index (χ0v) is 28.9. The molecule has 2 N–H and O–H groups in total. The highest BCUT2D eigenvalue weighted by Gasteiger charge is 2.35. The smallest absolute Gasteiger partial charge is 0.264 e. The van der Waals surface area contributed by atoms with E-state index in [1.165, 1.54) is 48.8 Å². The van der Waals surface area contributed by atoms with Gasteiger partial charge in [-0.05, 0) is 103 Å². The van der Waals surface area contributed by atoms with Gasteiger partial charge in [-0.3, -0.25) is 4.79 Å².